The predicted molar refractivity (Wildman–Crippen MR) is 124 cm³/mol. The molecule has 2 unspecified atom stereocenters. The van der Waals surface area contributed by atoms with Crippen LogP contribution < -0.4 is 4.90 Å². The monoisotopic (exact) mass is 428 g/mol. The smallest absolute Gasteiger partial charge is 0.282 e. The van der Waals surface area contributed by atoms with Crippen molar-refractivity contribution < 1.29 is 14.0 Å². The fourth-order valence-electron chi connectivity index (χ4n) is 5.16. The van der Waals surface area contributed by atoms with Gasteiger partial charge in [-0.1, -0.05) is 62.4 Å². The number of imide groups is 1. The zero-order valence-corrected chi connectivity index (χ0v) is 18.2. The highest BCUT2D eigenvalue weighted by atomic mass is 19.1. The second kappa shape index (κ2) is 7.90. The van der Waals surface area contributed by atoms with Crippen LogP contribution in [0.5, 0.6) is 0 Å². The Kier molecular flexibility index (Phi) is 5.04. The van der Waals surface area contributed by atoms with Crippen LogP contribution in [0.1, 0.15) is 25.8 Å². The lowest BCUT2D eigenvalue weighted by atomic mass is 9.91. The third-order valence-electron chi connectivity index (χ3n) is 6.38. The molecule has 0 spiro atoms. The van der Waals surface area contributed by atoms with Gasteiger partial charge in [0.1, 0.15) is 11.5 Å². The number of likely N-dealkylation sites (tertiary alicyclic amines) is 1. The largest absolute Gasteiger partial charge is 0.366 e. The van der Waals surface area contributed by atoms with Crippen molar-refractivity contribution in [1.82, 2.24) is 4.90 Å². The van der Waals surface area contributed by atoms with Crippen molar-refractivity contribution >= 4 is 33.8 Å². The second-order valence-corrected chi connectivity index (χ2v) is 9.03. The molecule has 3 aromatic rings. The number of hydrogen-bond acceptors (Lipinski definition) is 3. The van der Waals surface area contributed by atoms with Gasteiger partial charge in [0.15, 0.2) is 0 Å². The summed E-state index contributed by atoms with van der Waals surface area (Å²) in [4.78, 5) is 31.0. The van der Waals surface area contributed by atoms with Crippen molar-refractivity contribution in [3.63, 3.8) is 0 Å². The maximum atomic E-state index is 13.9. The lowest BCUT2D eigenvalue weighted by Crippen LogP contribution is -2.42. The number of nitrogens with zero attached hydrogens (tertiary/aromatic N) is 2. The molecule has 32 heavy (non-hydrogen) atoms. The zero-order valence-electron chi connectivity index (χ0n) is 18.2. The minimum Gasteiger partial charge on any atom is -0.366 e. The van der Waals surface area contributed by atoms with Crippen LogP contribution in [-0.4, -0.2) is 29.8 Å². The van der Waals surface area contributed by atoms with Crippen LogP contribution in [0.4, 0.5) is 10.1 Å². The molecule has 1 fully saturated rings. The van der Waals surface area contributed by atoms with Gasteiger partial charge in [0.2, 0.25) is 0 Å². The van der Waals surface area contributed by atoms with Gasteiger partial charge < -0.3 is 4.90 Å². The van der Waals surface area contributed by atoms with E-state index in [1.165, 1.54) is 17.0 Å². The Labute approximate surface area is 186 Å². The quantitative estimate of drug-likeness (QED) is 0.536. The van der Waals surface area contributed by atoms with Crippen LogP contribution >= 0.6 is 0 Å². The Morgan fingerprint density at radius 2 is 1.47 bits per heavy atom. The summed E-state index contributed by atoms with van der Waals surface area (Å²) >= 11 is 0. The van der Waals surface area contributed by atoms with Crippen molar-refractivity contribution in [3.8, 4) is 0 Å². The van der Waals surface area contributed by atoms with E-state index in [9.17, 15) is 14.0 Å². The van der Waals surface area contributed by atoms with E-state index in [4.69, 9.17) is 0 Å². The molecular weight excluding hydrogens is 403 g/mol. The average molecular weight is 429 g/mol. The fourth-order valence-corrected chi connectivity index (χ4v) is 5.16. The summed E-state index contributed by atoms with van der Waals surface area (Å²) in [5.41, 5.74) is 1.91. The van der Waals surface area contributed by atoms with Crippen LogP contribution in [0, 0.1) is 17.7 Å². The molecule has 4 nitrogen and oxygen atoms in total. The lowest BCUT2D eigenvalue weighted by molar-refractivity contribution is -0.120. The number of carbonyl (C=O) groups is 2. The van der Waals surface area contributed by atoms with Crippen LogP contribution in [0.3, 0.4) is 0 Å². The van der Waals surface area contributed by atoms with Gasteiger partial charge in [-0.3, -0.25) is 9.59 Å². The number of anilines is 1. The van der Waals surface area contributed by atoms with E-state index in [2.05, 4.69) is 18.7 Å². The minimum absolute atomic E-state index is 0.313. The Balaban J connectivity index is 1.67. The highest BCUT2D eigenvalue weighted by Crippen LogP contribution is 2.39. The van der Waals surface area contributed by atoms with E-state index >= 15 is 0 Å². The summed E-state index contributed by atoms with van der Waals surface area (Å²) in [6.45, 7) is 5.77. The van der Waals surface area contributed by atoms with Gasteiger partial charge in [0.25, 0.3) is 11.8 Å². The average Bonchev–Trinajstić information content (AvgIpc) is 3.03. The van der Waals surface area contributed by atoms with E-state index in [-0.39, 0.29) is 17.6 Å². The number of halogens is 1. The maximum absolute atomic E-state index is 13.9. The summed E-state index contributed by atoms with van der Waals surface area (Å²) in [5.74, 6) is -0.227. The van der Waals surface area contributed by atoms with Crippen LogP contribution in [0.2, 0.25) is 0 Å². The van der Waals surface area contributed by atoms with Crippen molar-refractivity contribution in [2.75, 3.05) is 18.0 Å². The predicted octanol–water partition coefficient (Wildman–Crippen LogP) is 5.24. The summed E-state index contributed by atoms with van der Waals surface area (Å²) in [5, 5.41) is 1.80. The first-order chi connectivity index (χ1) is 15.4. The Morgan fingerprint density at radius 3 is 2.19 bits per heavy atom. The number of carbonyl (C=O) groups excluding carboxylic acids is 2. The third-order valence-corrected chi connectivity index (χ3v) is 6.38. The molecule has 5 heteroatoms. The molecule has 3 aromatic carbocycles. The van der Waals surface area contributed by atoms with Crippen molar-refractivity contribution in [2.24, 2.45) is 11.8 Å². The number of rotatable bonds is 3. The molecule has 5 rings (SSSR count). The van der Waals surface area contributed by atoms with Gasteiger partial charge >= 0.3 is 0 Å². The van der Waals surface area contributed by atoms with Gasteiger partial charge in [0, 0.05) is 18.5 Å². The first-order valence-electron chi connectivity index (χ1n) is 11.1. The molecule has 0 saturated carbocycles. The van der Waals surface area contributed by atoms with E-state index in [1.807, 2.05) is 42.5 Å². The van der Waals surface area contributed by atoms with Gasteiger partial charge in [-0.2, -0.15) is 0 Å². The van der Waals surface area contributed by atoms with Crippen molar-refractivity contribution in [1.29, 1.82) is 0 Å². The van der Waals surface area contributed by atoms with E-state index in [0.29, 0.717) is 47.4 Å². The van der Waals surface area contributed by atoms with Gasteiger partial charge in [-0.05, 0) is 47.4 Å². The second-order valence-electron chi connectivity index (χ2n) is 9.03. The molecule has 0 aliphatic carbocycles. The number of benzene rings is 3. The standard InChI is InChI=1S/C27H25FN2O2/c1-17-14-18(2)16-29(15-17)25-24(20-10-12-21(28)13-11-20)26(31)30(27(25)32)23-9-5-7-19-6-3-4-8-22(19)23/h3-13,17-18H,14-16H2,1-2H3. The minimum atomic E-state index is -0.376. The molecule has 2 amide bonds. The molecule has 2 atom stereocenters. The third kappa shape index (κ3) is 3.38. The molecule has 1 saturated heterocycles. The molecule has 0 aromatic heterocycles. The van der Waals surface area contributed by atoms with E-state index in [1.54, 1.807) is 12.1 Å². The normalized spacial score (nSPS) is 21.7. The molecule has 2 heterocycles. The summed E-state index contributed by atoms with van der Waals surface area (Å²) in [6, 6.07) is 19.2. The van der Waals surface area contributed by atoms with Crippen LogP contribution in [0.25, 0.3) is 16.3 Å². The Hall–Kier alpha value is -3.47. The highest BCUT2D eigenvalue weighted by Gasteiger charge is 2.44. The van der Waals surface area contributed by atoms with Crippen LogP contribution in [0.15, 0.2) is 72.4 Å². The first kappa shape index (κ1) is 20.4. The number of piperidine rings is 1. The highest BCUT2D eigenvalue weighted by molar-refractivity contribution is 6.46. The first-order valence-corrected chi connectivity index (χ1v) is 11.1. The SMILES string of the molecule is CC1CC(C)CN(C2=C(c3ccc(F)cc3)C(=O)N(c3cccc4ccccc34)C2=O)C1. The topological polar surface area (TPSA) is 40.6 Å². The van der Waals surface area contributed by atoms with Gasteiger partial charge in [-0.25, -0.2) is 9.29 Å². The summed E-state index contributed by atoms with van der Waals surface area (Å²) in [7, 11) is 0. The zero-order chi connectivity index (χ0) is 22.4. The Morgan fingerprint density at radius 1 is 0.812 bits per heavy atom. The molecule has 162 valence electrons. The van der Waals surface area contributed by atoms with E-state index in [0.717, 1.165) is 17.2 Å². The molecule has 2 aliphatic heterocycles. The summed E-state index contributed by atoms with van der Waals surface area (Å²) in [6.07, 6.45) is 1.09. The van der Waals surface area contributed by atoms with Crippen LogP contribution in [-0.2, 0) is 9.59 Å². The Bertz CT molecular complexity index is 1230. The lowest BCUT2D eigenvalue weighted by Gasteiger charge is -2.37. The molecule has 0 radical (unpaired) electrons. The number of fused-ring (bicyclic) bond motifs is 1. The molecule has 2 aliphatic rings. The van der Waals surface area contributed by atoms with Crippen molar-refractivity contribution in [3.05, 3.63) is 83.8 Å². The number of hydrogen-bond donors (Lipinski definition) is 0. The van der Waals surface area contributed by atoms with Crippen molar-refractivity contribution in [2.45, 2.75) is 20.3 Å². The molecule has 0 bridgehead atoms. The van der Waals surface area contributed by atoms with E-state index < -0.39 is 0 Å². The molecular formula is C27H25FN2O2. The van der Waals surface area contributed by atoms with Gasteiger partial charge in [0.05, 0.1) is 11.3 Å². The number of amides is 2. The summed E-state index contributed by atoms with van der Waals surface area (Å²) < 4.78 is 13.6. The van der Waals surface area contributed by atoms with Gasteiger partial charge in [-0.15, -0.1) is 0 Å². The maximum Gasteiger partial charge on any atom is 0.282 e. The fraction of sp³-hybridized carbons (Fsp3) is 0.259. The molecule has 0 N–H and O–H groups in total.